The summed E-state index contributed by atoms with van der Waals surface area (Å²) in [4.78, 5) is 13.3. The molecular weight excluding hydrogens is 886 g/mol. The average molecular weight is 931 g/mol. The van der Waals surface area contributed by atoms with Crippen molar-refractivity contribution in [3.05, 3.63) is 130 Å². The number of hydrogen-bond acceptors (Lipinski definition) is 12. The second kappa shape index (κ2) is 22.9. The van der Waals surface area contributed by atoms with Crippen molar-refractivity contribution in [2.45, 2.75) is 75.5 Å². The standard InChI is InChI=1S/C43H48N2O11S3.3Na/c1-42(2)34-12-5-6-13-36(34)44(24-8-26-57-56-55-48)38(42)22-18-29-10-7-11-30(40(29)31-14-16-32(17-15-31)41(46)47)19-23-39-43(3,4)35-28-33(59(52,53)54)20-21-37(35)45(39)25-9-27-58(49,50)51;;;/h6,12-23,28,48H,7-11,24-27H2,1-4H3,(H,46,47)(H,49,50,51)(H,52,53,54);;;/q;3*+1/p-3. The van der Waals surface area contributed by atoms with Crippen LogP contribution in [0.5, 0.6) is 0 Å². The van der Waals surface area contributed by atoms with E-state index >= 15 is 0 Å². The number of hydrogen-bond donors (Lipinski definition) is 1. The first-order valence-electron chi connectivity index (χ1n) is 19.1. The molecule has 314 valence electrons. The number of rotatable bonds is 16. The van der Waals surface area contributed by atoms with Crippen LogP contribution in [0.1, 0.15) is 86.8 Å². The third-order valence-corrected chi connectivity index (χ3v) is 13.4. The van der Waals surface area contributed by atoms with E-state index in [9.17, 15) is 41.1 Å². The summed E-state index contributed by atoms with van der Waals surface area (Å²) in [6, 6.07) is 20.0. The molecule has 2 aliphatic heterocycles. The molecule has 6 rings (SSSR count). The Morgan fingerprint density at radius 2 is 1.65 bits per heavy atom. The number of carboxylic acids is 1. The molecule has 3 aromatic rings. The SMILES string of the molecule is CC1(C)C(/C=C/C2=C(c3ccc(C(=O)O)cc3)C(=C/C=C3/N(CCCS(=O)(=O)[O-])c4ccc(S(=O)(=O)[O-])cc4C3(C)C)/CCC2)=[N+](CCCSOO[O-])c2cc[c-]cc21.[Na+].[Na+].[Na+]. The molecule has 0 fully saturated rings. The maximum Gasteiger partial charge on any atom is 1.00 e. The maximum absolute atomic E-state index is 12.0. The Labute approximate surface area is 434 Å². The molecular formula is C43H45N2Na3O11S3. The molecule has 19 heteroatoms. The Bertz CT molecular complexity index is 2520. The zero-order chi connectivity index (χ0) is 42.8. The van der Waals surface area contributed by atoms with Crippen molar-refractivity contribution in [2.75, 3.05) is 29.5 Å². The average Bonchev–Trinajstić information content (AvgIpc) is 3.52. The van der Waals surface area contributed by atoms with Gasteiger partial charge in [0.25, 0.3) is 0 Å². The van der Waals surface area contributed by atoms with Gasteiger partial charge < -0.3 is 24.4 Å². The molecule has 0 saturated carbocycles. The number of fused-ring (bicyclic) bond motifs is 2. The summed E-state index contributed by atoms with van der Waals surface area (Å²) in [5.74, 6) is -1.10. The van der Waals surface area contributed by atoms with Crippen LogP contribution in [0.15, 0.2) is 107 Å². The largest absolute Gasteiger partial charge is 1.00 e. The van der Waals surface area contributed by atoms with E-state index in [4.69, 9.17) is 0 Å². The van der Waals surface area contributed by atoms with Gasteiger partial charge in [-0.2, -0.15) is 22.5 Å². The van der Waals surface area contributed by atoms with Gasteiger partial charge in [0.2, 0.25) is 0 Å². The van der Waals surface area contributed by atoms with E-state index in [1.807, 2.05) is 49.1 Å². The van der Waals surface area contributed by atoms with Crippen LogP contribution in [-0.4, -0.2) is 71.9 Å². The first-order chi connectivity index (χ1) is 27.8. The normalized spacial score (nSPS) is 18.1. The van der Waals surface area contributed by atoms with Crippen LogP contribution in [0.3, 0.4) is 0 Å². The van der Waals surface area contributed by atoms with E-state index in [2.05, 4.69) is 46.0 Å². The number of nitrogens with zero attached hydrogens (tertiary/aromatic N) is 2. The van der Waals surface area contributed by atoms with E-state index in [0.29, 0.717) is 42.1 Å². The molecule has 3 aromatic carbocycles. The first kappa shape index (κ1) is 54.9. The minimum absolute atomic E-state index is 0. The van der Waals surface area contributed by atoms with E-state index in [1.165, 1.54) is 18.2 Å². The number of carboxylic acid groups (broad SMARTS) is 1. The van der Waals surface area contributed by atoms with Gasteiger partial charge in [0.15, 0.2) is 5.71 Å². The molecule has 0 unspecified atom stereocenters. The third kappa shape index (κ3) is 12.5. The van der Waals surface area contributed by atoms with Gasteiger partial charge in [-0.25, -0.2) is 26.2 Å². The molecule has 0 saturated heterocycles. The molecule has 0 aromatic heterocycles. The second-order valence-corrected chi connectivity index (χ2v) is 19.3. The Kier molecular flexibility index (Phi) is 20.3. The molecule has 0 amide bonds. The van der Waals surface area contributed by atoms with Crippen LogP contribution in [0.4, 0.5) is 11.4 Å². The molecule has 2 heterocycles. The summed E-state index contributed by atoms with van der Waals surface area (Å²) in [5, 5.41) is 23.5. The van der Waals surface area contributed by atoms with E-state index in [-0.39, 0.29) is 118 Å². The molecule has 0 spiro atoms. The smallest absolute Gasteiger partial charge is 0.748 e. The number of benzene rings is 3. The van der Waals surface area contributed by atoms with Crippen LogP contribution < -0.4 is 98.8 Å². The molecule has 3 aliphatic rings. The van der Waals surface area contributed by atoms with Gasteiger partial charge >= 0.3 is 94.6 Å². The van der Waals surface area contributed by atoms with Crippen LogP contribution in [-0.2, 0) is 40.4 Å². The van der Waals surface area contributed by atoms with Crippen LogP contribution in [0.25, 0.3) is 5.57 Å². The Morgan fingerprint density at radius 3 is 2.29 bits per heavy atom. The minimum atomic E-state index is -4.77. The summed E-state index contributed by atoms with van der Waals surface area (Å²) in [6.45, 7) is 8.90. The molecule has 0 radical (unpaired) electrons. The fourth-order valence-corrected chi connectivity index (χ4v) is 9.69. The van der Waals surface area contributed by atoms with Gasteiger partial charge in [0.1, 0.15) is 22.4 Å². The molecule has 0 bridgehead atoms. The Balaban J connectivity index is 0.00000341. The van der Waals surface area contributed by atoms with Crippen molar-refractivity contribution in [3.8, 4) is 0 Å². The Morgan fingerprint density at radius 1 is 0.935 bits per heavy atom. The first-order valence-corrected chi connectivity index (χ1v) is 23.0. The Hall–Kier alpha value is -1.39. The van der Waals surface area contributed by atoms with Gasteiger partial charge in [-0.05, 0) is 89.9 Å². The minimum Gasteiger partial charge on any atom is -0.748 e. The van der Waals surface area contributed by atoms with Gasteiger partial charge in [-0.1, -0.05) is 57.5 Å². The third-order valence-electron chi connectivity index (χ3n) is 11.2. The number of anilines is 1. The summed E-state index contributed by atoms with van der Waals surface area (Å²) in [5.41, 5.74) is 7.81. The zero-order valence-electron chi connectivity index (χ0n) is 36.1. The van der Waals surface area contributed by atoms with Crippen LogP contribution in [0.2, 0.25) is 0 Å². The van der Waals surface area contributed by atoms with Crippen molar-refractivity contribution in [1.29, 1.82) is 0 Å². The van der Waals surface area contributed by atoms with Gasteiger partial charge in [0.05, 0.1) is 20.6 Å². The van der Waals surface area contributed by atoms with Crippen molar-refractivity contribution in [3.63, 3.8) is 0 Å². The zero-order valence-corrected chi connectivity index (χ0v) is 44.5. The second-order valence-electron chi connectivity index (χ2n) is 15.7. The van der Waals surface area contributed by atoms with E-state index in [1.54, 1.807) is 24.3 Å². The number of carbonyl (C=O) groups is 1. The summed E-state index contributed by atoms with van der Waals surface area (Å²) < 4.78 is 77.6. The molecule has 13 nitrogen and oxygen atoms in total. The summed E-state index contributed by atoms with van der Waals surface area (Å²) in [7, 11) is -9.27. The van der Waals surface area contributed by atoms with Gasteiger partial charge in [-0.3, -0.25) is 5.04 Å². The quantitative estimate of drug-likeness (QED) is 0.0231. The predicted octanol–water partition coefficient (Wildman–Crippen LogP) is -2.52. The van der Waals surface area contributed by atoms with Crippen LogP contribution in [0, 0.1) is 6.07 Å². The van der Waals surface area contributed by atoms with Crippen molar-refractivity contribution in [2.24, 2.45) is 0 Å². The van der Waals surface area contributed by atoms with Crippen LogP contribution >= 0.6 is 12.0 Å². The fourth-order valence-electron chi connectivity index (χ4n) is 8.36. The van der Waals surface area contributed by atoms with Crippen molar-refractivity contribution < 1.29 is 144 Å². The number of allylic oxidation sites excluding steroid dienone is 8. The van der Waals surface area contributed by atoms with Crippen molar-refractivity contribution >= 4 is 60.9 Å². The summed E-state index contributed by atoms with van der Waals surface area (Å²) >= 11 is 0.946. The fraction of sp³-hybridized carbons (Fsp3) is 0.349. The van der Waals surface area contributed by atoms with Gasteiger partial charge in [-0.15, -0.1) is 6.07 Å². The maximum atomic E-state index is 12.0. The van der Waals surface area contributed by atoms with E-state index < -0.39 is 37.4 Å². The van der Waals surface area contributed by atoms with Gasteiger partial charge in [0, 0.05) is 64.8 Å². The molecule has 62 heavy (non-hydrogen) atoms. The molecule has 1 N–H and O–H groups in total. The number of aromatic carboxylic acids is 1. The predicted molar refractivity (Wildman–Crippen MR) is 221 cm³/mol. The topological polar surface area (TPSA) is 199 Å². The van der Waals surface area contributed by atoms with E-state index in [0.717, 1.165) is 64.1 Å². The molecule has 0 atom stereocenters. The van der Waals surface area contributed by atoms with Crippen molar-refractivity contribution in [1.82, 2.24) is 0 Å². The monoisotopic (exact) mass is 930 g/mol. The molecule has 1 aliphatic carbocycles. The summed E-state index contributed by atoms with van der Waals surface area (Å²) in [6.07, 6.45) is 11.1.